The van der Waals surface area contributed by atoms with E-state index in [9.17, 15) is 14.9 Å². The summed E-state index contributed by atoms with van der Waals surface area (Å²) in [4.78, 5) is 21.4. The molecule has 0 unspecified atom stereocenters. The first kappa shape index (κ1) is 10.2. The standard InChI is InChI=1S/C9H10N2O3/c1-2-8(12)9-6(10)4-3-5-7(9)11(13)14/h3-5H,2,10H2,1H3. The maximum Gasteiger partial charge on any atom is 0.282 e. The number of nitro benzene ring substituents is 1. The molecule has 0 saturated heterocycles. The molecule has 74 valence electrons. The zero-order valence-electron chi connectivity index (χ0n) is 7.69. The van der Waals surface area contributed by atoms with E-state index in [1.54, 1.807) is 6.92 Å². The fourth-order valence-corrected chi connectivity index (χ4v) is 1.19. The number of nitrogen functional groups attached to an aromatic ring is 1. The molecule has 0 bridgehead atoms. The molecular formula is C9H10N2O3. The molecule has 1 aromatic carbocycles. The van der Waals surface area contributed by atoms with Gasteiger partial charge >= 0.3 is 0 Å². The highest BCUT2D eigenvalue weighted by Gasteiger charge is 2.20. The second kappa shape index (κ2) is 3.87. The lowest BCUT2D eigenvalue weighted by Gasteiger charge is -2.03. The van der Waals surface area contributed by atoms with Gasteiger partial charge in [0.05, 0.1) is 4.92 Å². The summed E-state index contributed by atoms with van der Waals surface area (Å²) in [6, 6.07) is 4.22. The third-order valence-electron chi connectivity index (χ3n) is 1.87. The number of benzene rings is 1. The zero-order valence-corrected chi connectivity index (χ0v) is 7.69. The van der Waals surface area contributed by atoms with Crippen molar-refractivity contribution in [1.29, 1.82) is 0 Å². The maximum absolute atomic E-state index is 11.4. The van der Waals surface area contributed by atoms with Gasteiger partial charge in [-0.2, -0.15) is 0 Å². The average molecular weight is 194 g/mol. The van der Waals surface area contributed by atoms with Gasteiger partial charge in [0.2, 0.25) is 0 Å². The monoisotopic (exact) mass is 194 g/mol. The number of ketones is 1. The summed E-state index contributed by atoms with van der Waals surface area (Å²) < 4.78 is 0. The van der Waals surface area contributed by atoms with Crippen LogP contribution in [0.4, 0.5) is 11.4 Å². The number of nitrogens with two attached hydrogens (primary N) is 1. The Kier molecular flexibility index (Phi) is 2.81. The van der Waals surface area contributed by atoms with Gasteiger partial charge in [-0.3, -0.25) is 14.9 Å². The van der Waals surface area contributed by atoms with Crippen molar-refractivity contribution >= 4 is 17.2 Å². The van der Waals surface area contributed by atoms with E-state index in [1.807, 2.05) is 0 Å². The maximum atomic E-state index is 11.4. The van der Waals surface area contributed by atoms with E-state index in [4.69, 9.17) is 5.73 Å². The molecule has 0 radical (unpaired) electrons. The third-order valence-corrected chi connectivity index (χ3v) is 1.87. The van der Waals surface area contributed by atoms with Gasteiger partial charge in [0.25, 0.3) is 5.69 Å². The Morgan fingerprint density at radius 3 is 2.71 bits per heavy atom. The summed E-state index contributed by atoms with van der Waals surface area (Å²) in [5.74, 6) is -0.310. The molecule has 0 aliphatic rings. The molecular weight excluding hydrogens is 184 g/mol. The average Bonchev–Trinajstić information content (AvgIpc) is 2.16. The molecule has 0 saturated carbocycles. The van der Waals surface area contributed by atoms with Crippen LogP contribution in [0.25, 0.3) is 0 Å². The van der Waals surface area contributed by atoms with Crippen molar-refractivity contribution < 1.29 is 9.72 Å². The number of Topliss-reactive ketones (excluding diaryl/α,β-unsaturated/α-hetero) is 1. The third kappa shape index (κ3) is 1.71. The number of hydrogen-bond donors (Lipinski definition) is 1. The van der Waals surface area contributed by atoms with Crippen LogP contribution in [0.1, 0.15) is 23.7 Å². The van der Waals surface area contributed by atoms with E-state index in [0.29, 0.717) is 0 Å². The summed E-state index contributed by atoms with van der Waals surface area (Å²) in [6.45, 7) is 1.64. The van der Waals surface area contributed by atoms with Gasteiger partial charge in [-0.05, 0) is 6.07 Å². The molecule has 0 aromatic heterocycles. The van der Waals surface area contributed by atoms with Gasteiger partial charge < -0.3 is 5.73 Å². The van der Waals surface area contributed by atoms with Crippen molar-refractivity contribution in [2.75, 3.05) is 5.73 Å². The second-order valence-corrected chi connectivity index (χ2v) is 2.78. The molecule has 0 aliphatic carbocycles. The van der Waals surface area contributed by atoms with E-state index in [0.717, 1.165) is 0 Å². The Labute approximate surface area is 80.7 Å². The van der Waals surface area contributed by atoms with Crippen LogP contribution in [0.15, 0.2) is 18.2 Å². The van der Waals surface area contributed by atoms with Crippen LogP contribution in [0.3, 0.4) is 0 Å². The molecule has 0 spiro atoms. The number of hydrogen-bond acceptors (Lipinski definition) is 4. The van der Waals surface area contributed by atoms with Crippen molar-refractivity contribution in [2.24, 2.45) is 0 Å². The lowest BCUT2D eigenvalue weighted by molar-refractivity contribution is -0.385. The molecule has 5 nitrogen and oxygen atoms in total. The van der Waals surface area contributed by atoms with Gasteiger partial charge in [0.15, 0.2) is 5.78 Å². The van der Waals surface area contributed by atoms with Crippen LogP contribution in [0, 0.1) is 10.1 Å². The van der Waals surface area contributed by atoms with Crippen LogP contribution >= 0.6 is 0 Å². The van der Waals surface area contributed by atoms with E-state index >= 15 is 0 Å². The summed E-state index contributed by atoms with van der Waals surface area (Å²) in [7, 11) is 0. The van der Waals surface area contributed by atoms with Gasteiger partial charge in [-0.1, -0.05) is 13.0 Å². The van der Waals surface area contributed by atoms with Crippen molar-refractivity contribution in [2.45, 2.75) is 13.3 Å². The quantitative estimate of drug-likeness (QED) is 0.344. The van der Waals surface area contributed by atoms with Crippen LogP contribution < -0.4 is 5.73 Å². The van der Waals surface area contributed by atoms with E-state index in [-0.39, 0.29) is 29.1 Å². The number of carbonyl (C=O) groups is 1. The Bertz CT molecular complexity index is 388. The summed E-state index contributed by atoms with van der Waals surface area (Å²) in [5.41, 5.74) is 5.46. The van der Waals surface area contributed by atoms with Gasteiger partial charge in [-0.25, -0.2) is 0 Å². The van der Waals surface area contributed by atoms with Gasteiger partial charge in [-0.15, -0.1) is 0 Å². The first-order valence-corrected chi connectivity index (χ1v) is 4.14. The predicted octanol–water partition coefficient (Wildman–Crippen LogP) is 1.77. The first-order valence-electron chi connectivity index (χ1n) is 4.14. The molecule has 5 heteroatoms. The second-order valence-electron chi connectivity index (χ2n) is 2.78. The Hall–Kier alpha value is -1.91. The zero-order chi connectivity index (χ0) is 10.7. The number of nitrogens with zero attached hydrogens (tertiary/aromatic N) is 1. The van der Waals surface area contributed by atoms with E-state index in [1.165, 1.54) is 18.2 Å². The predicted molar refractivity (Wildman–Crippen MR) is 52.1 cm³/mol. The Morgan fingerprint density at radius 2 is 2.21 bits per heavy atom. The number of anilines is 1. The fraction of sp³-hybridized carbons (Fsp3) is 0.222. The summed E-state index contributed by atoms with van der Waals surface area (Å²) in [5, 5.41) is 10.6. The minimum Gasteiger partial charge on any atom is -0.398 e. The lowest BCUT2D eigenvalue weighted by atomic mass is 10.0. The minimum absolute atomic E-state index is 0.0139. The van der Waals surface area contributed by atoms with Gasteiger partial charge in [0, 0.05) is 18.2 Å². The smallest absolute Gasteiger partial charge is 0.282 e. The van der Waals surface area contributed by atoms with Crippen LogP contribution in [0.5, 0.6) is 0 Å². The molecule has 14 heavy (non-hydrogen) atoms. The lowest BCUT2D eigenvalue weighted by Crippen LogP contribution is -2.06. The highest BCUT2D eigenvalue weighted by molar-refractivity contribution is 6.04. The molecule has 1 rings (SSSR count). The normalized spacial score (nSPS) is 9.79. The number of nitro groups is 1. The van der Waals surface area contributed by atoms with Crippen LogP contribution in [-0.4, -0.2) is 10.7 Å². The molecule has 0 aliphatic heterocycles. The molecule has 0 amide bonds. The topological polar surface area (TPSA) is 86.2 Å². The highest BCUT2D eigenvalue weighted by Crippen LogP contribution is 2.25. The van der Waals surface area contributed by atoms with E-state index < -0.39 is 4.92 Å². The number of rotatable bonds is 3. The van der Waals surface area contributed by atoms with Gasteiger partial charge in [0.1, 0.15) is 5.56 Å². The van der Waals surface area contributed by atoms with Crippen molar-refractivity contribution in [3.63, 3.8) is 0 Å². The molecule has 1 aromatic rings. The molecule has 0 atom stereocenters. The fourth-order valence-electron chi connectivity index (χ4n) is 1.19. The number of carbonyl (C=O) groups excluding carboxylic acids is 1. The summed E-state index contributed by atoms with van der Waals surface area (Å²) in [6.07, 6.45) is 0.203. The molecule has 2 N–H and O–H groups in total. The highest BCUT2D eigenvalue weighted by atomic mass is 16.6. The SMILES string of the molecule is CCC(=O)c1c(N)cccc1[N+](=O)[O-]. The van der Waals surface area contributed by atoms with Crippen molar-refractivity contribution in [3.8, 4) is 0 Å². The van der Waals surface area contributed by atoms with Crippen molar-refractivity contribution in [3.05, 3.63) is 33.9 Å². The molecule has 0 heterocycles. The Morgan fingerprint density at radius 1 is 1.57 bits per heavy atom. The first-order chi connectivity index (χ1) is 6.57. The van der Waals surface area contributed by atoms with E-state index in [2.05, 4.69) is 0 Å². The largest absolute Gasteiger partial charge is 0.398 e. The molecule has 0 fully saturated rings. The van der Waals surface area contributed by atoms with Crippen LogP contribution in [0.2, 0.25) is 0 Å². The minimum atomic E-state index is -0.598. The van der Waals surface area contributed by atoms with Crippen LogP contribution in [-0.2, 0) is 0 Å². The van der Waals surface area contributed by atoms with Crippen molar-refractivity contribution in [1.82, 2.24) is 0 Å². The summed E-state index contributed by atoms with van der Waals surface area (Å²) >= 11 is 0. The Balaban J connectivity index is 3.36.